The minimum absolute atomic E-state index is 0.321. The highest BCUT2D eigenvalue weighted by atomic mass is 16.7. The van der Waals surface area contributed by atoms with Crippen LogP contribution in [-0.4, -0.2) is 25.9 Å². The van der Waals surface area contributed by atoms with E-state index < -0.39 is 28.6 Å². The van der Waals surface area contributed by atoms with Crippen molar-refractivity contribution >= 4 is 5.90 Å². The SMILES string of the molecule is CCCC1CCC23OC(=N)C(C#N)(C2C1)C(C#N)(C#N)C(c1cc(OC)ccc1OC)O3. The third kappa shape index (κ3) is 2.58. The molecule has 2 aliphatic heterocycles. The summed E-state index contributed by atoms with van der Waals surface area (Å²) in [6.07, 6.45) is 2.69. The van der Waals surface area contributed by atoms with Crippen molar-refractivity contribution in [3.05, 3.63) is 23.8 Å². The molecule has 0 spiro atoms. The normalized spacial score (nSPS) is 34.2. The smallest absolute Gasteiger partial charge is 0.217 e. The quantitative estimate of drug-likeness (QED) is 0.733. The van der Waals surface area contributed by atoms with Gasteiger partial charge in [-0.05, 0) is 37.0 Å². The molecule has 1 saturated carbocycles. The summed E-state index contributed by atoms with van der Waals surface area (Å²) < 4.78 is 23.4. The summed E-state index contributed by atoms with van der Waals surface area (Å²) in [7, 11) is 3.00. The first kappa shape index (κ1) is 21.9. The van der Waals surface area contributed by atoms with Crippen LogP contribution in [0.4, 0.5) is 0 Å². The molecule has 0 amide bonds. The predicted molar refractivity (Wildman–Crippen MR) is 112 cm³/mol. The van der Waals surface area contributed by atoms with Gasteiger partial charge in [0, 0.05) is 12.0 Å². The zero-order valence-electron chi connectivity index (χ0n) is 18.5. The predicted octanol–water partition coefficient (Wildman–Crippen LogP) is 4.24. The molecule has 8 heteroatoms. The Labute approximate surface area is 187 Å². The monoisotopic (exact) mass is 434 g/mol. The zero-order chi connectivity index (χ0) is 23.1. The van der Waals surface area contributed by atoms with Crippen LogP contribution in [0.25, 0.3) is 0 Å². The molecule has 1 aromatic rings. The number of hydrogen-bond acceptors (Lipinski definition) is 8. The minimum Gasteiger partial charge on any atom is -0.497 e. The number of ether oxygens (including phenoxy) is 4. The van der Waals surface area contributed by atoms with E-state index in [9.17, 15) is 15.8 Å². The van der Waals surface area contributed by atoms with Crippen molar-refractivity contribution in [3.63, 3.8) is 0 Å². The molecular formula is C24H26N4O4. The second-order valence-electron chi connectivity index (χ2n) is 8.78. The number of benzene rings is 1. The third-order valence-corrected chi connectivity index (χ3v) is 7.43. The molecular weight excluding hydrogens is 408 g/mol. The minimum atomic E-state index is -2.00. The number of nitrogens with zero attached hydrogens (tertiary/aromatic N) is 3. The second kappa shape index (κ2) is 7.69. The van der Waals surface area contributed by atoms with Crippen LogP contribution in [0, 0.1) is 62.1 Å². The summed E-state index contributed by atoms with van der Waals surface area (Å²) in [5, 5.41) is 40.0. The van der Waals surface area contributed by atoms with Crippen molar-refractivity contribution < 1.29 is 18.9 Å². The molecule has 3 fully saturated rings. The third-order valence-electron chi connectivity index (χ3n) is 7.43. The fourth-order valence-corrected chi connectivity index (χ4v) is 5.91. The van der Waals surface area contributed by atoms with Gasteiger partial charge in [-0.15, -0.1) is 0 Å². The largest absolute Gasteiger partial charge is 0.497 e. The van der Waals surface area contributed by atoms with E-state index in [2.05, 4.69) is 25.1 Å². The van der Waals surface area contributed by atoms with Gasteiger partial charge in [0.1, 0.15) is 17.6 Å². The number of hydrogen-bond donors (Lipinski definition) is 1. The molecule has 0 radical (unpaired) electrons. The van der Waals surface area contributed by atoms with Crippen molar-refractivity contribution in [1.82, 2.24) is 0 Å². The van der Waals surface area contributed by atoms with Crippen LogP contribution < -0.4 is 9.47 Å². The molecule has 3 aliphatic rings. The molecule has 1 aliphatic carbocycles. The van der Waals surface area contributed by atoms with Gasteiger partial charge in [-0.1, -0.05) is 19.8 Å². The Morgan fingerprint density at radius 1 is 1.16 bits per heavy atom. The highest BCUT2D eigenvalue weighted by Gasteiger charge is 2.81. The van der Waals surface area contributed by atoms with Gasteiger partial charge in [0.05, 0.1) is 38.3 Å². The number of rotatable bonds is 5. The summed E-state index contributed by atoms with van der Waals surface area (Å²) in [6, 6.07) is 11.5. The van der Waals surface area contributed by atoms with Crippen LogP contribution in [0.2, 0.25) is 0 Å². The van der Waals surface area contributed by atoms with Crippen LogP contribution in [0.15, 0.2) is 18.2 Å². The molecule has 8 nitrogen and oxygen atoms in total. The molecule has 166 valence electrons. The van der Waals surface area contributed by atoms with Gasteiger partial charge < -0.3 is 18.9 Å². The Kier molecular flexibility index (Phi) is 5.27. The maximum absolute atomic E-state index is 10.5. The zero-order valence-corrected chi connectivity index (χ0v) is 18.5. The lowest BCUT2D eigenvalue weighted by molar-refractivity contribution is -0.299. The highest BCUT2D eigenvalue weighted by Crippen LogP contribution is 2.70. The fourth-order valence-electron chi connectivity index (χ4n) is 5.91. The lowest BCUT2D eigenvalue weighted by atomic mass is 9.50. The molecule has 5 atom stereocenters. The van der Waals surface area contributed by atoms with Crippen molar-refractivity contribution in [3.8, 4) is 29.7 Å². The first-order valence-electron chi connectivity index (χ1n) is 10.8. The molecule has 2 heterocycles. The Bertz CT molecular complexity index is 1050. The van der Waals surface area contributed by atoms with Gasteiger partial charge in [-0.2, -0.15) is 15.8 Å². The number of methoxy groups -OCH3 is 2. The number of nitrogens with one attached hydrogen (secondary N) is 1. The molecule has 4 rings (SSSR count). The van der Waals surface area contributed by atoms with Crippen LogP contribution >= 0.6 is 0 Å². The van der Waals surface area contributed by atoms with Crippen LogP contribution in [0.1, 0.15) is 50.7 Å². The topological polar surface area (TPSA) is 132 Å². The van der Waals surface area contributed by atoms with Crippen molar-refractivity contribution in [2.45, 2.75) is 50.9 Å². The lowest BCUT2D eigenvalue weighted by Gasteiger charge is -2.52. The first-order valence-corrected chi connectivity index (χ1v) is 10.8. The second-order valence-corrected chi connectivity index (χ2v) is 8.78. The van der Waals surface area contributed by atoms with Crippen LogP contribution in [0.3, 0.4) is 0 Å². The summed E-state index contributed by atoms with van der Waals surface area (Å²) in [6.45, 7) is 2.11. The molecule has 2 saturated heterocycles. The van der Waals surface area contributed by atoms with Crippen LogP contribution in [-0.2, 0) is 9.47 Å². The van der Waals surface area contributed by atoms with Gasteiger partial charge in [0.25, 0.3) is 0 Å². The maximum Gasteiger partial charge on any atom is 0.217 e. The highest BCUT2D eigenvalue weighted by molar-refractivity contribution is 5.89. The van der Waals surface area contributed by atoms with Gasteiger partial charge in [0.15, 0.2) is 5.41 Å². The molecule has 1 N–H and O–H groups in total. The number of nitriles is 3. The Hall–Kier alpha value is -3.28. The van der Waals surface area contributed by atoms with Crippen LogP contribution in [0.5, 0.6) is 11.5 Å². The van der Waals surface area contributed by atoms with Gasteiger partial charge in [-0.3, -0.25) is 5.41 Å². The van der Waals surface area contributed by atoms with E-state index in [0.717, 1.165) is 19.3 Å². The van der Waals surface area contributed by atoms with Gasteiger partial charge in [0.2, 0.25) is 17.1 Å². The van der Waals surface area contributed by atoms with E-state index in [4.69, 9.17) is 24.4 Å². The average molecular weight is 434 g/mol. The van der Waals surface area contributed by atoms with E-state index in [1.807, 2.05) is 0 Å². The summed E-state index contributed by atoms with van der Waals surface area (Å²) in [5.41, 5.74) is -3.33. The average Bonchev–Trinajstić information content (AvgIpc) is 3.02. The summed E-state index contributed by atoms with van der Waals surface area (Å²) in [4.78, 5) is 0. The van der Waals surface area contributed by atoms with Crippen molar-refractivity contribution in [2.75, 3.05) is 14.2 Å². The Morgan fingerprint density at radius 3 is 2.50 bits per heavy atom. The Morgan fingerprint density at radius 2 is 1.91 bits per heavy atom. The summed E-state index contributed by atoms with van der Waals surface area (Å²) >= 11 is 0. The van der Waals surface area contributed by atoms with Crippen molar-refractivity contribution in [1.29, 1.82) is 21.2 Å². The van der Waals surface area contributed by atoms with E-state index in [1.54, 1.807) is 18.2 Å². The Balaban J connectivity index is 1.96. The molecule has 0 aromatic heterocycles. The molecule has 1 aromatic carbocycles. The van der Waals surface area contributed by atoms with Gasteiger partial charge >= 0.3 is 0 Å². The summed E-state index contributed by atoms with van der Waals surface area (Å²) in [5.74, 6) is -0.942. The standard InChI is InChI=1S/C24H26N4O4/c1-4-5-15-8-9-24-19(10-15)23(14-27,21(28)32-24)22(12-25,13-26)20(31-24)17-11-16(29-2)6-7-18(17)30-3/h6-7,11,15,19-20,28H,4-5,8-10H2,1-3H3. The van der Waals surface area contributed by atoms with E-state index in [0.29, 0.717) is 35.8 Å². The molecule has 5 unspecified atom stereocenters. The lowest BCUT2D eigenvalue weighted by Crippen LogP contribution is -2.61. The molecule has 2 bridgehead atoms. The van der Waals surface area contributed by atoms with E-state index in [1.165, 1.54) is 14.2 Å². The van der Waals surface area contributed by atoms with E-state index in [-0.39, 0.29) is 5.90 Å². The maximum atomic E-state index is 10.5. The first-order chi connectivity index (χ1) is 15.4. The van der Waals surface area contributed by atoms with E-state index >= 15 is 0 Å². The fraction of sp³-hybridized carbons (Fsp3) is 0.583. The molecule has 32 heavy (non-hydrogen) atoms. The van der Waals surface area contributed by atoms with Crippen molar-refractivity contribution in [2.24, 2.45) is 22.7 Å². The van der Waals surface area contributed by atoms with Gasteiger partial charge in [-0.25, -0.2) is 0 Å².